The zero-order valence-corrected chi connectivity index (χ0v) is 18.2. The van der Waals surface area contributed by atoms with Gasteiger partial charge >= 0.3 is 0 Å². The summed E-state index contributed by atoms with van der Waals surface area (Å²) >= 11 is 0. The molecule has 1 aliphatic carbocycles. The molecule has 28 heavy (non-hydrogen) atoms. The fourth-order valence-corrected chi connectivity index (χ4v) is 4.82. The first-order valence-electron chi connectivity index (χ1n) is 10.9. The molecule has 4 heteroatoms. The van der Waals surface area contributed by atoms with Gasteiger partial charge in [0.05, 0.1) is 12.6 Å². The molecule has 1 aromatic rings. The smallest absolute Gasteiger partial charge is 0.222 e. The molecule has 1 aromatic carbocycles. The number of carbonyl (C=O) groups excluding carboxylic acids is 1. The summed E-state index contributed by atoms with van der Waals surface area (Å²) in [5.41, 5.74) is 3.51. The molecule has 158 valence electrons. The first kappa shape index (κ1) is 21.3. The predicted molar refractivity (Wildman–Crippen MR) is 117 cm³/mol. The van der Waals surface area contributed by atoms with Crippen molar-refractivity contribution in [2.45, 2.75) is 70.8 Å². The van der Waals surface area contributed by atoms with Gasteiger partial charge in [-0.15, -0.1) is 0 Å². The van der Waals surface area contributed by atoms with E-state index < -0.39 is 0 Å². The van der Waals surface area contributed by atoms with Crippen LogP contribution in [0, 0.1) is 5.41 Å². The highest BCUT2D eigenvalue weighted by Gasteiger charge is 2.42. The number of hydrogen-bond acceptors (Lipinski definition) is 3. The maximum atomic E-state index is 12.2. The summed E-state index contributed by atoms with van der Waals surface area (Å²) < 4.78 is 5.05. The lowest BCUT2D eigenvalue weighted by molar-refractivity contribution is -0.122. The van der Waals surface area contributed by atoms with Crippen molar-refractivity contribution < 1.29 is 11.0 Å². The molecule has 1 fully saturated rings. The van der Waals surface area contributed by atoms with Crippen molar-refractivity contribution >= 4 is 5.91 Å². The summed E-state index contributed by atoms with van der Waals surface area (Å²) in [5.74, 6) is 0.0922. The van der Waals surface area contributed by atoms with E-state index in [9.17, 15) is 4.79 Å². The minimum atomic E-state index is 0. The molecule has 4 nitrogen and oxygen atoms in total. The molecule has 0 bridgehead atoms. The summed E-state index contributed by atoms with van der Waals surface area (Å²) in [6, 6.07) is 8.97. The number of rotatable bonds is 6. The van der Waals surface area contributed by atoms with Gasteiger partial charge < -0.3 is 15.0 Å². The van der Waals surface area contributed by atoms with E-state index in [-0.39, 0.29) is 13.4 Å². The number of amides is 1. The van der Waals surface area contributed by atoms with Crippen LogP contribution in [0.15, 0.2) is 24.3 Å². The van der Waals surface area contributed by atoms with Crippen molar-refractivity contribution in [1.29, 1.82) is 0 Å². The Bertz CT molecular complexity index is 663. The Morgan fingerprint density at radius 2 is 1.96 bits per heavy atom. The van der Waals surface area contributed by atoms with Gasteiger partial charge in [-0.05, 0) is 73.7 Å². The SMILES string of the molecule is COCCC(=O)N[C@@H]1CCC2(CCN(CCC(C)(C)C)CC2)c2ccccc21.[HH]. The summed E-state index contributed by atoms with van der Waals surface area (Å²) in [5, 5.41) is 3.25. The van der Waals surface area contributed by atoms with Crippen LogP contribution < -0.4 is 5.32 Å². The third-order valence-corrected chi connectivity index (χ3v) is 6.68. The number of piperidine rings is 1. The predicted octanol–water partition coefficient (Wildman–Crippen LogP) is 4.69. The van der Waals surface area contributed by atoms with Crippen LogP contribution in [0.1, 0.15) is 77.9 Å². The molecule has 1 atom stereocenters. The van der Waals surface area contributed by atoms with Crippen LogP contribution in [-0.2, 0) is 14.9 Å². The highest BCUT2D eigenvalue weighted by atomic mass is 16.5. The molecule has 1 heterocycles. The number of benzene rings is 1. The first-order chi connectivity index (χ1) is 13.3. The Morgan fingerprint density at radius 3 is 2.64 bits per heavy atom. The van der Waals surface area contributed by atoms with Crippen LogP contribution in [-0.4, -0.2) is 44.2 Å². The zero-order valence-electron chi connectivity index (χ0n) is 18.2. The van der Waals surface area contributed by atoms with Crippen molar-refractivity contribution in [1.82, 2.24) is 10.2 Å². The van der Waals surface area contributed by atoms with Gasteiger partial charge in [0, 0.05) is 15.0 Å². The molecule has 3 rings (SSSR count). The lowest BCUT2D eigenvalue weighted by atomic mass is 9.63. The van der Waals surface area contributed by atoms with E-state index in [4.69, 9.17) is 4.74 Å². The van der Waals surface area contributed by atoms with E-state index in [0.717, 1.165) is 6.42 Å². The molecular formula is C24H40N2O2. The van der Waals surface area contributed by atoms with E-state index in [1.807, 2.05) is 0 Å². The Morgan fingerprint density at radius 1 is 1.25 bits per heavy atom. The highest BCUT2D eigenvalue weighted by molar-refractivity contribution is 5.76. The number of carbonyl (C=O) groups is 1. The van der Waals surface area contributed by atoms with Gasteiger partial charge in [-0.2, -0.15) is 0 Å². The van der Waals surface area contributed by atoms with Gasteiger partial charge in [0.15, 0.2) is 0 Å². The molecule has 2 aliphatic rings. The largest absolute Gasteiger partial charge is 0.384 e. The van der Waals surface area contributed by atoms with Crippen LogP contribution in [0.5, 0.6) is 0 Å². The minimum Gasteiger partial charge on any atom is -0.384 e. The lowest BCUT2D eigenvalue weighted by Crippen LogP contribution is -2.46. The second-order valence-corrected chi connectivity index (χ2v) is 9.92. The van der Waals surface area contributed by atoms with Crippen LogP contribution in [0.3, 0.4) is 0 Å². The topological polar surface area (TPSA) is 41.6 Å². The summed E-state index contributed by atoms with van der Waals surface area (Å²) in [6.45, 7) is 11.1. The zero-order chi connectivity index (χ0) is 20.2. The average molecular weight is 389 g/mol. The van der Waals surface area contributed by atoms with Crippen molar-refractivity contribution in [3.63, 3.8) is 0 Å². The summed E-state index contributed by atoms with van der Waals surface area (Å²) in [4.78, 5) is 14.9. The van der Waals surface area contributed by atoms with E-state index in [1.54, 1.807) is 7.11 Å². The van der Waals surface area contributed by atoms with Crippen molar-refractivity contribution in [3.05, 3.63) is 35.4 Å². The third-order valence-electron chi connectivity index (χ3n) is 6.68. The molecule has 0 radical (unpaired) electrons. The number of nitrogens with one attached hydrogen (secondary N) is 1. The summed E-state index contributed by atoms with van der Waals surface area (Å²) in [7, 11) is 1.64. The van der Waals surface area contributed by atoms with Gasteiger partial charge in [0.25, 0.3) is 0 Å². The standard InChI is InChI=1S/C24H38N2O2.H2/c1-23(2,3)12-15-26-16-13-24(14-17-26)11-9-21(25-22(27)10-18-28-4)19-7-5-6-8-20(19)24;/h5-8,21H,9-18H2,1-4H3,(H,25,27);1H/t21-;/m1./s1. The monoisotopic (exact) mass is 388 g/mol. The maximum Gasteiger partial charge on any atom is 0.222 e. The summed E-state index contributed by atoms with van der Waals surface area (Å²) in [6.07, 6.45) is 6.37. The number of fused-ring (bicyclic) bond motifs is 2. The third kappa shape index (κ3) is 5.15. The number of ether oxygens (including phenoxy) is 1. The second-order valence-electron chi connectivity index (χ2n) is 9.92. The van der Waals surface area contributed by atoms with E-state index in [2.05, 4.69) is 55.3 Å². The minimum absolute atomic E-state index is 0. The van der Waals surface area contributed by atoms with Crippen LogP contribution in [0.2, 0.25) is 0 Å². The highest BCUT2D eigenvalue weighted by Crippen LogP contribution is 2.48. The maximum absolute atomic E-state index is 12.2. The van der Waals surface area contributed by atoms with Gasteiger partial charge in [0.1, 0.15) is 0 Å². The molecule has 0 aromatic heterocycles. The number of hydrogen-bond donors (Lipinski definition) is 1. The molecule has 1 N–H and O–H groups in total. The van der Waals surface area contributed by atoms with Crippen LogP contribution in [0.4, 0.5) is 0 Å². The van der Waals surface area contributed by atoms with Crippen molar-refractivity contribution in [2.75, 3.05) is 33.4 Å². The Kier molecular flexibility index (Phi) is 6.82. The molecule has 1 spiro atoms. The van der Waals surface area contributed by atoms with E-state index in [0.29, 0.717) is 23.9 Å². The van der Waals surface area contributed by atoms with Gasteiger partial charge in [-0.1, -0.05) is 45.0 Å². The molecule has 1 amide bonds. The van der Waals surface area contributed by atoms with Crippen LogP contribution in [0.25, 0.3) is 0 Å². The molecule has 0 saturated carbocycles. The van der Waals surface area contributed by atoms with Gasteiger partial charge in [-0.3, -0.25) is 4.79 Å². The number of likely N-dealkylation sites (tertiary alicyclic amines) is 1. The Hall–Kier alpha value is -1.39. The molecule has 0 unspecified atom stereocenters. The quantitative estimate of drug-likeness (QED) is 0.769. The van der Waals surface area contributed by atoms with Crippen molar-refractivity contribution in [2.24, 2.45) is 5.41 Å². The first-order valence-corrected chi connectivity index (χ1v) is 10.9. The van der Waals surface area contributed by atoms with Crippen molar-refractivity contribution in [3.8, 4) is 0 Å². The normalized spacial score (nSPS) is 22.1. The van der Waals surface area contributed by atoms with Gasteiger partial charge in [0.2, 0.25) is 5.91 Å². The number of methoxy groups -OCH3 is 1. The van der Waals surface area contributed by atoms with E-state index in [1.165, 1.54) is 56.4 Å². The molecular weight excluding hydrogens is 348 g/mol. The Balaban J connectivity index is 0.00000300. The number of nitrogens with zero attached hydrogens (tertiary/aromatic N) is 1. The lowest BCUT2D eigenvalue weighted by Gasteiger charge is -2.47. The Labute approximate surface area is 172 Å². The fourth-order valence-electron chi connectivity index (χ4n) is 4.82. The molecule has 1 saturated heterocycles. The average Bonchev–Trinajstić information content (AvgIpc) is 2.68. The van der Waals surface area contributed by atoms with Crippen LogP contribution >= 0.6 is 0 Å². The van der Waals surface area contributed by atoms with Gasteiger partial charge in [-0.25, -0.2) is 0 Å². The second kappa shape index (κ2) is 8.96. The molecule has 1 aliphatic heterocycles. The van der Waals surface area contributed by atoms with E-state index >= 15 is 0 Å². The fraction of sp³-hybridized carbons (Fsp3) is 0.708.